The Morgan fingerprint density at radius 1 is 1.10 bits per heavy atom. The van der Waals surface area contributed by atoms with E-state index in [0.717, 1.165) is 40.9 Å². The highest BCUT2D eigenvalue weighted by Crippen LogP contribution is 2.35. The fourth-order valence-corrected chi connectivity index (χ4v) is 4.38. The Morgan fingerprint density at radius 3 is 2.23 bits per heavy atom. The molecule has 0 bridgehead atoms. The summed E-state index contributed by atoms with van der Waals surface area (Å²) < 4.78 is 0. The van der Waals surface area contributed by atoms with Crippen LogP contribution < -0.4 is 10.2 Å². The molecule has 1 unspecified atom stereocenters. The third-order valence-corrected chi connectivity index (χ3v) is 5.71. The topological polar surface area (TPSA) is 65.5 Å². The zero-order chi connectivity index (χ0) is 22.4. The summed E-state index contributed by atoms with van der Waals surface area (Å²) in [6.45, 7) is 17.1. The molecule has 0 spiro atoms. The molecule has 0 aliphatic rings. The Hall–Kier alpha value is -2.08. The largest absolute Gasteiger partial charge is 0.481 e. The molecule has 30 heavy (non-hydrogen) atoms. The molecule has 5 nitrogen and oxygen atoms in total. The van der Waals surface area contributed by atoms with Gasteiger partial charge in [-0.05, 0) is 41.4 Å². The van der Waals surface area contributed by atoms with Gasteiger partial charge in [-0.2, -0.15) is 0 Å². The molecule has 1 aromatic carbocycles. The molecule has 2 rings (SSSR count). The van der Waals surface area contributed by atoms with Crippen molar-refractivity contribution in [3.8, 4) is 0 Å². The highest BCUT2D eigenvalue weighted by atomic mass is 32.1. The van der Waals surface area contributed by atoms with E-state index < -0.39 is 5.97 Å². The van der Waals surface area contributed by atoms with E-state index in [1.54, 1.807) is 11.3 Å². The Bertz CT molecular complexity index is 820. The lowest BCUT2D eigenvalue weighted by atomic mass is 9.96. The van der Waals surface area contributed by atoms with Crippen molar-refractivity contribution in [2.24, 2.45) is 11.8 Å². The maximum atomic E-state index is 11.2. The van der Waals surface area contributed by atoms with E-state index in [4.69, 9.17) is 4.98 Å². The van der Waals surface area contributed by atoms with Gasteiger partial charge in [0.1, 0.15) is 0 Å². The van der Waals surface area contributed by atoms with Gasteiger partial charge in [-0.15, -0.1) is 11.3 Å². The molecule has 0 saturated heterocycles. The molecule has 0 saturated carbocycles. The molecule has 2 aromatic rings. The SMILES string of the molecule is CC(C)CN(CC(C)C)c1ccc(C(C)CC(=O)O)cc1Nc1nc(C(C)C)cs1. The molecule has 1 heterocycles. The van der Waals surface area contributed by atoms with Gasteiger partial charge in [0.15, 0.2) is 5.13 Å². The quantitative estimate of drug-likeness (QED) is 0.414. The number of aromatic nitrogens is 1. The molecule has 0 aliphatic carbocycles. The summed E-state index contributed by atoms with van der Waals surface area (Å²) in [4.78, 5) is 18.4. The molecule has 0 fully saturated rings. The first-order valence-corrected chi connectivity index (χ1v) is 11.8. The molecule has 1 aromatic heterocycles. The number of hydrogen-bond acceptors (Lipinski definition) is 5. The number of carboxylic acid groups (broad SMARTS) is 1. The highest BCUT2D eigenvalue weighted by Gasteiger charge is 2.18. The summed E-state index contributed by atoms with van der Waals surface area (Å²) in [7, 11) is 0. The number of carbonyl (C=O) groups is 1. The molecule has 6 heteroatoms. The van der Waals surface area contributed by atoms with E-state index in [0.29, 0.717) is 17.8 Å². The van der Waals surface area contributed by atoms with Crippen LogP contribution in [0.5, 0.6) is 0 Å². The summed E-state index contributed by atoms with van der Waals surface area (Å²) in [6, 6.07) is 6.31. The van der Waals surface area contributed by atoms with Crippen LogP contribution in [0.25, 0.3) is 0 Å². The molecular weight excluding hydrogens is 394 g/mol. The Balaban J connectivity index is 2.45. The van der Waals surface area contributed by atoms with Crippen LogP contribution in [-0.4, -0.2) is 29.1 Å². The second-order valence-corrected chi connectivity index (χ2v) is 10.2. The van der Waals surface area contributed by atoms with Crippen molar-refractivity contribution in [1.82, 2.24) is 4.98 Å². The predicted octanol–water partition coefficient (Wildman–Crippen LogP) is 6.71. The third kappa shape index (κ3) is 7.01. The minimum Gasteiger partial charge on any atom is -0.481 e. The summed E-state index contributed by atoms with van der Waals surface area (Å²) in [5.74, 6) is 0.632. The van der Waals surface area contributed by atoms with Gasteiger partial charge < -0.3 is 15.3 Å². The smallest absolute Gasteiger partial charge is 0.303 e. The monoisotopic (exact) mass is 431 g/mol. The lowest BCUT2D eigenvalue weighted by Crippen LogP contribution is -2.31. The van der Waals surface area contributed by atoms with Crippen LogP contribution in [0.4, 0.5) is 16.5 Å². The van der Waals surface area contributed by atoms with Crippen LogP contribution in [0.15, 0.2) is 23.6 Å². The second kappa shape index (κ2) is 10.8. The molecule has 0 radical (unpaired) electrons. The van der Waals surface area contributed by atoms with Gasteiger partial charge in [0, 0.05) is 18.5 Å². The number of aliphatic carboxylic acids is 1. The molecule has 2 N–H and O–H groups in total. The number of anilines is 3. The zero-order valence-corrected chi connectivity index (χ0v) is 20.2. The Labute approximate surface area is 185 Å². The number of nitrogens with zero attached hydrogens (tertiary/aromatic N) is 2. The van der Waals surface area contributed by atoms with Crippen LogP contribution >= 0.6 is 11.3 Å². The Kier molecular flexibility index (Phi) is 8.71. The van der Waals surface area contributed by atoms with Gasteiger partial charge in [-0.1, -0.05) is 54.5 Å². The third-order valence-electron chi connectivity index (χ3n) is 4.94. The average molecular weight is 432 g/mol. The fraction of sp³-hybridized carbons (Fsp3) is 0.583. The molecule has 0 aliphatic heterocycles. The first-order valence-electron chi connectivity index (χ1n) is 10.9. The van der Waals surface area contributed by atoms with E-state index in [1.165, 1.54) is 0 Å². The Morgan fingerprint density at radius 2 is 1.73 bits per heavy atom. The van der Waals surface area contributed by atoms with Crippen LogP contribution in [0, 0.1) is 11.8 Å². The summed E-state index contributed by atoms with van der Waals surface area (Å²) in [5, 5.41) is 15.7. The van der Waals surface area contributed by atoms with Crippen LogP contribution in [0.1, 0.15) is 78.0 Å². The van der Waals surface area contributed by atoms with Crippen LogP contribution in [0.3, 0.4) is 0 Å². The predicted molar refractivity (Wildman–Crippen MR) is 128 cm³/mol. The van der Waals surface area contributed by atoms with Gasteiger partial charge in [0.2, 0.25) is 0 Å². The lowest BCUT2D eigenvalue weighted by Gasteiger charge is -2.31. The van der Waals surface area contributed by atoms with Crippen molar-refractivity contribution in [2.45, 2.75) is 66.7 Å². The highest BCUT2D eigenvalue weighted by molar-refractivity contribution is 7.13. The average Bonchev–Trinajstić information content (AvgIpc) is 3.08. The van der Waals surface area contributed by atoms with Gasteiger partial charge in [0.05, 0.1) is 23.5 Å². The van der Waals surface area contributed by atoms with Crippen molar-refractivity contribution in [1.29, 1.82) is 0 Å². The number of rotatable bonds is 11. The van der Waals surface area contributed by atoms with Gasteiger partial charge >= 0.3 is 5.97 Å². The minimum absolute atomic E-state index is 0.0525. The van der Waals surface area contributed by atoms with E-state index in [9.17, 15) is 9.90 Å². The van der Waals surface area contributed by atoms with Crippen molar-refractivity contribution >= 4 is 33.8 Å². The standard InChI is InChI=1S/C24H37N3O2S/c1-15(2)12-27(13-16(3)4)22-9-8-19(18(7)10-23(28)29)11-20(22)25-24-26-21(14-30-24)17(5)6/h8-9,11,14-18H,10,12-13H2,1-7H3,(H,25,26)(H,28,29). The van der Waals surface area contributed by atoms with Crippen LogP contribution in [0.2, 0.25) is 0 Å². The van der Waals surface area contributed by atoms with E-state index in [-0.39, 0.29) is 12.3 Å². The molecule has 0 amide bonds. The fourth-order valence-electron chi connectivity index (χ4n) is 3.49. The second-order valence-electron chi connectivity index (χ2n) is 9.33. The molecule has 1 atom stereocenters. The maximum Gasteiger partial charge on any atom is 0.303 e. The number of hydrogen-bond donors (Lipinski definition) is 2. The van der Waals surface area contributed by atoms with Gasteiger partial charge in [-0.3, -0.25) is 4.79 Å². The van der Waals surface area contributed by atoms with Gasteiger partial charge in [0.25, 0.3) is 0 Å². The number of nitrogens with one attached hydrogen (secondary N) is 1. The minimum atomic E-state index is -0.774. The first kappa shape index (κ1) is 24.2. The first-order chi connectivity index (χ1) is 14.1. The van der Waals surface area contributed by atoms with Crippen molar-refractivity contribution in [3.05, 3.63) is 34.8 Å². The van der Waals surface area contributed by atoms with Crippen molar-refractivity contribution in [2.75, 3.05) is 23.3 Å². The summed E-state index contributed by atoms with van der Waals surface area (Å²) in [6.07, 6.45) is 0.120. The molecular formula is C24H37N3O2S. The normalized spacial score (nSPS) is 12.6. The molecule has 166 valence electrons. The number of benzene rings is 1. The lowest BCUT2D eigenvalue weighted by molar-refractivity contribution is -0.137. The zero-order valence-electron chi connectivity index (χ0n) is 19.4. The summed E-state index contributed by atoms with van der Waals surface area (Å²) in [5.41, 5.74) is 4.25. The van der Waals surface area contributed by atoms with Gasteiger partial charge in [-0.25, -0.2) is 4.98 Å². The van der Waals surface area contributed by atoms with E-state index in [1.807, 2.05) is 6.92 Å². The van der Waals surface area contributed by atoms with Crippen molar-refractivity contribution in [3.63, 3.8) is 0 Å². The number of thiazole rings is 1. The van der Waals surface area contributed by atoms with Crippen LogP contribution in [-0.2, 0) is 4.79 Å². The van der Waals surface area contributed by atoms with E-state index in [2.05, 4.69) is 75.3 Å². The number of carboxylic acids is 1. The van der Waals surface area contributed by atoms with Crippen molar-refractivity contribution < 1.29 is 9.90 Å². The summed E-state index contributed by atoms with van der Waals surface area (Å²) >= 11 is 1.61. The maximum absolute atomic E-state index is 11.2. The van der Waals surface area contributed by atoms with E-state index >= 15 is 0 Å².